The van der Waals surface area contributed by atoms with Crippen molar-refractivity contribution < 1.29 is 4.74 Å². The van der Waals surface area contributed by atoms with Gasteiger partial charge in [0, 0.05) is 11.4 Å². The molecular weight excluding hydrogens is 270 g/mol. The lowest BCUT2D eigenvalue weighted by molar-refractivity contribution is 0.393. The molecule has 1 aromatic heterocycles. The van der Waals surface area contributed by atoms with Gasteiger partial charge in [-0.1, -0.05) is 22.9 Å². The maximum atomic E-state index is 5.13. The Balaban J connectivity index is 2.54. The number of halogens is 1. The zero-order valence-corrected chi connectivity index (χ0v) is 11.5. The van der Waals surface area contributed by atoms with Crippen molar-refractivity contribution >= 4 is 21.7 Å². The van der Waals surface area contributed by atoms with Gasteiger partial charge in [0.1, 0.15) is 12.1 Å². The van der Waals surface area contributed by atoms with Crippen molar-refractivity contribution in [1.29, 1.82) is 0 Å². The van der Waals surface area contributed by atoms with Crippen LogP contribution in [0.3, 0.4) is 0 Å². The number of hydrogen-bond acceptors (Lipinski definition) is 4. The maximum absolute atomic E-state index is 5.13. The van der Waals surface area contributed by atoms with E-state index in [2.05, 4.69) is 38.1 Å². The quantitative estimate of drug-likeness (QED) is 0.818. The summed E-state index contributed by atoms with van der Waals surface area (Å²) in [5.41, 5.74) is 0.952. The van der Waals surface area contributed by atoms with Crippen LogP contribution in [0.2, 0.25) is 0 Å². The van der Waals surface area contributed by atoms with Gasteiger partial charge >= 0.3 is 0 Å². The second-order valence-corrected chi connectivity index (χ2v) is 4.87. The Bertz CT molecular complexity index is 333. The summed E-state index contributed by atoms with van der Waals surface area (Å²) in [6.07, 6.45) is 3.72. The molecule has 0 fully saturated rings. The van der Waals surface area contributed by atoms with Crippen LogP contribution in [-0.4, -0.2) is 28.4 Å². The van der Waals surface area contributed by atoms with Gasteiger partial charge in [0.05, 0.1) is 12.7 Å². The van der Waals surface area contributed by atoms with E-state index in [4.69, 9.17) is 4.74 Å². The minimum absolute atomic E-state index is 0.559. The van der Waals surface area contributed by atoms with Crippen LogP contribution in [0.4, 0.5) is 5.82 Å². The summed E-state index contributed by atoms with van der Waals surface area (Å²) in [5.74, 6) is 1.48. The summed E-state index contributed by atoms with van der Waals surface area (Å²) in [6, 6.07) is 0. The van der Waals surface area contributed by atoms with Gasteiger partial charge in [-0.25, -0.2) is 9.97 Å². The molecule has 1 unspecified atom stereocenters. The minimum Gasteiger partial charge on any atom is -0.481 e. The third-order valence-electron chi connectivity index (χ3n) is 2.42. The van der Waals surface area contributed by atoms with Crippen molar-refractivity contribution in [1.82, 2.24) is 9.97 Å². The number of ether oxygens (including phenoxy) is 1. The van der Waals surface area contributed by atoms with Crippen molar-refractivity contribution in [3.8, 4) is 5.88 Å². The molecule has 0 saturated carbocycles. The number of nitrogens with zero attached hydrogens (tertiary/aromatic N) is 2. The molecule has 1 N–H and O–H groups in total. The van der Waals surface area contributed by atoms with E-state index in [1.165, 1.54) is 6.33 Å². The number of aromatic nitrogens is 2. The molecule has 1 heterocycles. The van der Waals surface area contributed by atoms with Crippen LogP contribution in [0.5, 0.6) is 5.88 Å². The van der Waals surface area contributed by atoms with Crippen LogP contribution in [0.25, 0.3) is 0 Å². The largest absolute Gasteiger partial charge is 0.481 e. The molecule has 5 heteroatoms. The minimum atomic E-state index is 0.559. The van der Waals surface area contributed by atoms with Gasteiger partial charge in [0.25, 0.3) is 0 Å². The van der Waals surface area contributed by atoms with E-state index in [0.717, 1.165) is 30.8 Å². The Morgan fingerprint density at radius 3 is 2.88 bits per heavy atom. The van der Waals surface area contributed by atoms with Crippen molar-refractivity contribution in [3.63, 3.8) is 0 Å². The van der Waals surface area contributed by atoms with Crippen molar-refractivity contribution in [2.45, 2.75) is 31.5 Å². The molecule has 16 heavy (non-hydrogen) atoms. The van der Waals surface area contributed by atoms with E-state index < -0.39 is 0 Å². The fourth-order valence-electron chi connectivity index (χ4n) is 1.37. The Labute approximate surface area is 105 Å². The SMILES string of the molecule is CCC(Br)CCNc1ncnc(OC)c1C. The summed E-state index contributed by atoms with van der Waals surface area (Å²) in [7, 11) is 1.62. The Hall–Kier alpha value is -0.840. The molecule has 0 bridgehead atoms. The smallest absolute Gasteiger partial charge is 0.221 e. The third kappa shape index (κ3) is 3.63. The van der Waals surface area contributed by atoms with Gasteiger partial charge in [-0.15, -0.1) is 0 Å². The Morgan fingerprint density at radius 2 is 2.25 bits per heavy atom. The summed E-state index contributed by atoms with van der Waals surface area (Å²) in [6.45, 7) is 5.01. The van der Waals surface area contributed by atoms with Crippen molar-refractivity contribution in [2.75, 3.05) is 19.0 Å². The molecule has 0 aromatic carbocycles. The number of alkyl halides is 1. The predicted molar refractivity (Wildman–Crippen MR) is 69.4 cm³/mol. The number of nitrogens with one attached hydrogen (secondary N) is 1. The van der Waals surface area contributed by atoms with Crippen LogP contribution in [-0.2, 0) is 0 Å². The highest BCUT2D eigenvalue weighted by Crippen LogP contribution is 2.20. The van der Waals surface area contributed by atoms with Gasteiger partial charge in [0.15, 0.2) is 0 Å². The molecular formula is C11H18BrN3O. The van der Waals surface area contributed by atoms with Gasteiger partial charge in [-0.2, -0.15) is 0 Å². The van der Waals surface area contributed by atoms with E-state index in [9.17, 15) is 0 Å². The molecule has 0 aliphatic carbocycles. The molecule has 0 radical (unpaired) electrons. The zero-order valence-electron chi connectivity index (χ0n) is 9.96. The van der Waals surface area contributed by atoms with Crippen molar-refractivity contribution in [2.24, 2.45) is 0 Å². The van der Waals surface area contributed by atoms with Crippen LogP contribution < -0.4 is 10.1 Å². The summed E-state index contributed by atoms with van der Waals surface area (Å²) >= 11 is 3.60. The van der Waals surface area contributed by atoms with Crippen LogP contribution in [0, 0.1) is 6.92 Å². The lowest BCUT2D eigenvalue weighted by atomic mass is 10.2. The first-order chi connectivity index (χ1) is 7.69. The zero-order chi connectivity index (χ0) is 12.0. The van der Waals surface area contributed by atoms with Gasteiger partial charge in [0.2, 0.25) is 5.88 Å². The molecule has 0 saturated heterocycles. The van der Waals surface area contributed by atoms with Crippen LogP contribution >= 0.6 is 15.9 Å². The van der Waals surface area contributed by atoms with Crippen molar-refractivity contribution in [3.05, 3.63) is 11.9 Å². The average Bonchev–Trinajstić information content (AvgIpc) is 2.31. The third-order valence-corrected chi connectivity index (χ3v) is 3.53. The van der Waals surface area contributed by atoms with E-state index in [0.29, 0.717) is 10.7 Å². The molecule has 1 aromatic rings. The average molecular weight is 288 g/mol. The monoisotopic (exact) mass is 287 g/mol. The normalized spacial score (nSPS) is 12.2. The van der Waals surface area contributed by atoms with Crippen LogP contribution in [0.15, 0.2) is 6.33 Å². The number of hydrogen-bond donors (Lipinski definition) is 1. The molecule has 1 rings (SSSR count). The molecule has 90 valence electrons. The summed E-state index contributed by atoms with van der Waals surface area (Å²) in [5, 5.41) is 3.29. The first-order valence-electron chi connectivity index (χ1n) is 5.42. The summed E-state index contributed by atoms with van der Waals surface area (Å²) in [4.78, 5) is 8.79. The number of rotatable bonds is 6. The highest BCUT2D eigenvalue weighted by molar-refractivity contribution is 9.09. The van der Waals surface area contributed by atoms with Gasteiger partial charge in [-0.05, 0) is 19.8 Å². The maximum Gasteiger partial charge on any atom is 0.221 e. The van der Waals surface area contributed by atoms with E-state index in [-0.39, 0.29) is 0 Å². The second kappa shape index (κ2) is 6.68. The highest BCUT2D eigenvalue weighted by Gasteiger charge is 2.07. The summed E-state index contributed by atoms with van der Waals surface area (Å²) < 4.78 is 5.13. The first-order valence-corrected chi connectivity index (χ1v) is 6.34. The number of methoxy groups -OCH3 is 1. The van der Waals surface area contributed by atoms with E-state index in [1.807, 2.05) is 6.92 Å². The topological polar surface area (TPSA) is 47.0 Å². The molecule has 0 amide bonds. The lowest BCUT2D eigenvalue weighted by Crippen LogP contribution is -2.10. The fourth-order valence-corrected chi connectivity index (χ4v) is 1.60. The van der Waals surface area contributed by atoms with Crippen LogP contribution in [0.1, 0.15) is 25.3 Å². The molecule has 0 spiro atoms. The number of anilines is 1. The molecule has 1 atom stereocenters. The Morgan fingerprint density at radius 1 is 1.50 bits per heavy atom. The predicted octanol–water partition coefficient (Wildman–Crippen LogP) is 2.77. The van der Waals surface area contributed by atoms with Gasteiger partial charge in [-0.3, -0.25) is 0 Å². The molecule has 4 nitrogen and oxygen atoms in total. The first kappa shape index (κ1) is 13.2. The standard InChI is InChI=1S/C11H18BrN3O/c1-4-9(12)5-6-13-10-8(2)11(16-3)15-7-14-10/h7,9H,4-6H2,1-3H3,(H,13,14,15). The second-order valence-electron chi connectivity index (χ2n) is 3.58. The van der Waals surface area contributed by atoms with Gasteiger partial charge < -0.3 is 10.1 Å². The Kier molecular flexibility index (Phi) is 5.52. The molecule has 0 aliphatic heterocycles. The highest BCUT2D eigenvalue weighted by atomic mass is 79.9. The van der Waals surface area contributed by atoms with E-state index in [1.54, 1.807) is 7.11 Å². The van der Waals surface area contributed by atoms with E-state index >= 15 is 0 Å². The fraction of sp³-hybridized carbons (Fsp3) is 0.636. The molecule has 0 aliphatic rings. The lowest BCUT2D eigenvalue weighted by Gasteiger charge is -2.11.